The molecule has 0 bridgehead atoms. The van der Waals surface area contributed by atoms with Gasteiger partial charge in [-0.05, 0) is 30.9 Å². The lowest BCUT2D eigenvalue weighted by Gasteiger charge is -2.17. The Hall–Kier alpha value is -1.84. The van der Waals surface area contributed by atoms with E-state index in [1.807, 2.05) is 32.0 Å². The smallest absolute Gasteiger partial charge is 0.233 e. The maximum Gasteiger partial charge on any atom is 0.233 e. The average Bonchev–Trinajstić information content (AvgIpc) is 2.46. The van der Waals surface area contributed by atoms with Crippen LogP contribution >= 0.6 is 0 Å². The number of hydrogen-bond donors (Lipinski definition) is 1. The number of para-hydroxylation sites is 1. The van der Waals surface area contributed by atoms with E-state index in [4.69, 9.17) is 0 Å². The highest BCUT2D eigenvalue weighted by Gasteiger charge is 2.15. The normalized spacial score (nSPS) is 10.3. The van der Waals surface area contributed by atoms with Gasteiger partial charge in [-0.25, -0.2) is 0 Å². The predicted octanol–water partition coefficient (Wildman–Crippen LogP) is 3.14. The molecule has 0 heterocycles. The molecular formula is C17H26N2O2. The standard InChI is InChI=1S/C17H26N2O2/c1-5-7-11-19(4)16(21)12-15(20)18-17-13(3)9-8-10-14(17)6-2/h8-10H,5-7,11-12H2,1-4H3,(H,18,20). The van der Waals surface area contributed by atoms with Crippen LogP contribution in [0, 0.1) is 6.92 Å². The minimum Gasteiger partial charge on any atom is -0.345 e. The molecule has 116 valence electrons. The van der Waals surface area contributed by atoms with Gasteiger partial charge >= 0.3 is 0 Å². The number of unbranched alkanes of at least 4 members (excludes halogenated alkanes) is 1. The van der Waals surface area contributed by atoms with Gasteiger partial charge in [-0.15, -0.1) is 0 Å². The molecule has 0 saturated heterocycles. The summed E-state index contributed by atoms with van der Waals surface area (Å²) in [5, 5.41) is 2.89. The van der Waals surface area contributed by atoms with E-state index in [0.29, 0.717) is 6.54 Å². The van der Waals surface area contributed by atoms with E-state index >= 15 is 0 Å². The summed E-state index contributed by atoms with van der Waals surface area (Å²) in [6.45, 7) is 6.79. The molecule has 0 fully saturated rings. The quantitative estimate of drug-likeness (QED) is 0.784. The van der Waals surface area contributed by atoms with Crippen LogP contribution in [0.15, 0.2) is 18.2 Å². The molecule has 0 aliphatic carbocycles. The van der Waals surface area contributed by atoms with Crippen molar-refractivity contribution in [3.63, 3.8) is 0 Å². The fourth-order valence-electron chi connectivity index (χ4n) is 2.18. The van der Waals surface area contributed by atoms with Crippen molar-refractivity contribution in [1.82, 2.24) is 4.90 Å². The van der Waals surface area contributed by atoms with Crippen LogP contribution in [0.4, 0.5) is 5.69 Å². The minimum absolute atomic E-state index is 0.0995. The summed E-state index contributed by atoms with van der Waals surface area (Å²) in [5.41, 5.74) is 2.96. The molecule has 0 radical (unpaired) electrons. The van der Waals surface area contributed by atoms with E-state index in [-0.39, 0.29) is 18.2 Å². The maximum absolute atomic E-state index is 12.1. The zero-order chi connectivity index (χ0) is 15.8. The first-order valence-corrected chi connectivity index (χ1v) is 7.61. The second kappa shape index (κ2) is 8.45. The monoisotopic (exact) mass is 290 g/mol. The summed E-state index contributed by atoms with van der Waals surface area (Å²) in [6, 6.07) is 5.94. The Bertz CT molecular complexity index is 498. The number of hydrogen-bond acceptors (Lipinski definition) is 2. The van der Waals surface area contributed by atoms with Crippen molar-refractivity contribution < 1.29 is 9.59 Å². The molecule has 4 heteroatoms. The predicted molar refractivity (Wildman–Crippen MR) is 86.3 cm³/mol. The summed E-state index contributed by atoms with van der Waals surface area (Å²) in [5.74, 6) is -0.375. The number of nitrogens with zero attached hydrogens (tertiary/aromatic N) is 1. The zero-order valence-electron chi connectivity index (χ0n) is 13.5. The molecule has 0 aromatic heterocycles. The summed E-state index contributed by atoms with van der Waals surface area (Å²) in [6.07, 6.45) is 2.74. The Morgan fingerprint density at radius 1 is 1.24 bits per heavy atom. The largest absolute Gasteiger partial charge is 0.345 e. The second-order valence-electron chi connectivity index (χ2n) is 5.36. The summed E-state index contributed by atoms with van der Waals surface area (Å²) in [7, 11) is 1.75. The molecule has 1 rings (SSSR count). The molecule has 0 saturated carbocycles. The van der Waals surface area contributed by atoms with Crippen molar-refractivity contribution in [2.45, 2.75) is 46.5 Å². The molecule has 2 amide bonds. The van der Waals surface area contributed by atoms with Crippen molar-refractivity contribution in [2.75, 3.05) is 18.9 Å². The highest BCUT2D eigenvalue weighted by Crippen LogP contribution is 2.21. The van der Waals surface area contributed by atoms with Crippen LogP contribution in [0.1, 0.15) is 44.2 Å². The van der Waals surface area contributed by atoms with Gasteiger partial charge < -0.3 is 10.2 Å². The fraction of sp³-hybridized carbons (Fsp3) is 0.529. The molecule has 1 aromatic rings. The number of aryl methyl sites for hydroxylation is 2. The first-order chi connectivity index (χ1) is 9.99. The van der Waals surface area contributed by atoms with Gasteiger partial charge in [-0.2, -0.15) is 0 Å². The number of amides is 2. The van der Waals surface area contributed by atoms with Crippen LogP contribution < -0.4 is 5.32 Å². The molecule has 21 heavy (non-hydrogen) atoms. The summed E-state index contributed by atoms with van der Waals surface area (Å²) in [4.78, 5) is 25.6. The molecule has 0 aliphatic heterocycles. The van der Waals surface area contributed by atoms with Crippen LogP contribution in [0.3, 0.4) is 0 Å². The number of carbonyl (C=O) groups is 2. The molecule has 4 nitrogen and oxygen atoms in total. The summed E-state index contributed by atoms with van der Waals surface area (Å²) < 4.78 is 0. The molecule has 1 N–H and O–H groups in total. The first-order valence-electron chi connectivity index (χ1n) is 7.61. The van der Waals surface area contributed by atoms with Gasteiger partial charge in [0.1, 0.15) is 6.42 Å². The lowest BCUT2D eigenvalue weighted by molar-refractivity contribution is -0.133. The Morgan fingerprint density at radius 3 is 2.57 bits per heavy atom. The van der Waals surface area contributed by atoms with E-state index in [1.54, 1.807) is 11.9 Å². The highest BCUT2D eigenvalue weighted by atomic mass is 16.2. The van der Waals surface area contributed by atoms with Gasteiger partial charge in [-0.1, -0.05) is 38.5 Å². The Labute approximate surface area is 127 Å². The van der Waals surface area contributed by atoms with Crippen LogP contribution in [0.2, 0.25) is 0 Å². The fourth-order valence-corrected chi connectivity index (χ4v) is 2.18. The Balaban J connectivity index is 2.64. The van der Waals surface area contributed by atoms with Crippen LogP contribution in [-0.4, -0.2) is 30.3 Å². The van der Waals surface area contributed by atoms with E-state index in [1.165, 1.54) is 0 Å². The third-order valence-corrected chi connectivity index (χ3v) is 3.59. The van der Waals surface area contributed by atoms with Crippen molar-refractivity contribution >= 4 is 17.5 Å². The SMILES string of the molecule is CCCCN(C)C(=O)CC(=O)Nc1c(C)cccc1CC. The van der Waals surface area contributed by atoms with Gasteiger partial charge in [0.15, 0.2) is 0 Å². The van der Waals surface area contributed by atoms with E-state index < -0.39 is 0 Å². The van der Waals surface area contributed by atoms with Crippen LogP contribution in [0.5, 0.6) is 0 Å². The van der Waals surface area contributed by atoms with Gasteiger partial charge in [0, 0.05) is 19.3 Å². The molecule has 0 spiro atoms. The third-order valence-electron chi connectivity index (χ3n) is 3.59. The lowest BCUT2D eigenvalue weighted by atomic mass is 10.1. The first kappa shape index (κ1) is 17.2. The summed E-state index contributed by atoms with van der Waals surface area (Å²) >= 11 is 0. The van der Waals surface area contributed by atoms with Crippen molar-refractivity contribution in [3.8, 4) is 0 Å². The van der Waals surface area contributed by atoms with Gasteiger partial charge in [0.25, 0.3) is 0 Å². The number of anilines is 1. The third kappa shape index (κ3) is 5.21. The number of rotatable bonds is 7. The van der Waals surface area contributed by atoms with Crippen LogP contribution in [0.25, 0.3) is 0 Å². The number of benzene rings is 1. The molecule has 1 aromatic carbocycles. The molecule has 0 atom stereocenters. The van der Waals surface area contributed by atoms with Gasteiger partial charge in [0.2, 0.25) is 11.8 Å². The maximum atomic E-state index is 12.1. The van der Waals surface area contributed by atoms with Gasteiger partial charge in [-0.3, -0.25) is 9.59 Å². The number of carbonyl (C=O) groups excluding carboxylic acids is 2. The zero-order valence-corrected chi connectivity index (χ0v) is 13.5. The van der Waals surface area contributed by atoms with E-state index in [0.717, 1.165) is 36.1 Å². The molecule has 0 unspecified atom stereocenters. The topological polar surface area (TPSA) is 49.4 Å². The Kier molecular flexibility index (Phi) is 6.92. The minimum atomic E-state index is -0.243. The lowest BCUT2D eigenvalue weighted by Crippen LogP contribution is -2.31. The van der Waals surface area contributed by atoms with Crippen molar-refractivity contribution in [1.29, 1.82) is 0 Å². The Morgan fingerprint density at radius 2 is 1.95 bits per heavy atom. The van der Waals surface area contributed by atoms with Crippen molar-refractivity contribution in [2.24, 2.45) is 0 Å². The molecular weight excluding hydrogens is 264 g/mol. The second-order valence-corrected chi connectivity index (χ2v) is 5.36. The van der Waals surface area contributed by atoms with Gasteiger partial charge in [0.05, 0.1) is 0 Å². The van der Waals surface area contributed by atoms with E-state index in [9.17, 15) is 9.59 Å². The van der Waals surface area contributed by atoms with E-state index in [2.05, 4.69) is 12.2 Å². The number of nitrogens with one attached hydrogen (secondary N) is 1. The average molecular weight is 290 g/mol. The van der Waals surface area contributed by atoms with Crippen LogP contribution in [-0.2, 0) is 16.0 Å². The van der Waals surface area contributed by atoms with Crippen molar-refractivity contribution in [3.05, 3.63) is 29.3 Å². The molecule has 0 aliphatic rings. The highest BCUT2D eigenvalue weighted by molar-refractivity contribution is 6.04.